The number of nitrogens with zero attached hydrogens (tertiary/aromatic N) is 2. The second-order valence-corrected chi connectivity index (χ2v) is 7.14. The second-order valence-electron chi connectivity index (χ2n) is 7.14. The summed E-state index contributed by atoms with van der Waals surface area (Å²) in [5.74, 6) is 2.89. The van der Waals surface area contributed by atoms with Crippen molar-refractivity contribution in [1.29, 1.82) is 0 Å². The Labute approximate surface area is 139 Å². The van der Waals surface area contributed by atoms with Gasteiger partial charge in [0.15, 0.2) is 0 Å². The monoisotopic (exact) mass is 316 g/mol. The predicted molar refractivity (Wildman–Crippen MR) is 91.8 cm³/mol. The summed E-state index contributed by atoms with van der Waals surface area (Å²) in [5, 5.41) is 0. The van der Waals surface area contributed by atoms with Gasteiger partial charge in [0.25, 0.3) is 5.91 Å². The summed E-state index contributed by atoms with van der Waals surface area (Å²) in [4.78, 5) is 16.0. The summed E-state index contributed by atoms with van der Waals surface area (Å²) in [5.41, 5.74) is 0.700. The number of hydrogen-bond acceptors (Lipinski definition) is 3. The van der Waals surface area contributed by atoms with E-state index in [1.54, 1.807) is 19.0 Å². The van der Waals surface area contributed by atoms with Crippen LogP contribution in [0.15, 0.2) is 24.3 Å². The molecule has 23 heavy (non-hydrogen) atoms. The first-order valence-corrected chi connectivity index (χ1v) is 8.80. The van der Waals surface area contributed by atoms with E-state index in [1.807, 2.05) is 24.3 Å². The SMILES string of the molecule is CN(C)C(=O)c1ccc(OCCCCN2CC3CCC3C2)cc1. The molecule has 1 aliphatic heterocycles. The number of hydrogen-bond donors (Lipinski definition) is 0. The molecule has 4 nitrogen and oxygen atoms in total. The summed E-state index contributed by atoms with van der Waals surface area (Å²) in [7, 11) is 3.52. The predicted octanol–water partition coefficient (Wildman–Crippen LogP) is 2.89. The molecule has 1 aromatic carbocycles. The lowest BCUT2D eigenvalue weighted by molar-refractivity contribution is 0.0827. The van der Waals surface area contributed by atoms with Crippen LogP contribution < -0.4 is 4.74 Å². The van der Waals surface area contributed by atoms with Crippen LogP contribution in [0.25, 0.3) is 0 Å². The maximum atomic E-state index is 11.8. The van der Waals surface area contributed by atoms with Crippen LogP contribution in [0.2, 0.25) is 0 Å². The highest BCUT2D eigenvalue weighted by Crippen LogP contribution is 2.40. The zero-order chi connectivity index (χ0) is 16.2. The van der Waals surface area contributed by atoms with E-state index in [0.29, 0.717) is 5.56 Å². The van der Waals surface area contributed by atoms with Gasteiger partial charge in [-0.05, 0) is 68.3 Å². The van der Waals surface area contributed by atoms with Crippen LogP contribution in [0.4, 0.5) is 0 Å². The molecule has 0 bridgehead atoms. The first kappa shape index (κ1) is 16.3. The molecule has 1 amide bonds. The Morgan fingerprint density at radius 2 is 1.78 bits per heavy atom. The molecular weight excluding hydrogens is 288 g/mol. The zero-order valence-electron chi connectivity index (χ0n) is 14.3. The van der Waals surface area contributed by atoms with E-state index in [0.717, 1.165) is 30.6 Å². The largest absolute Gasteiger partial charge is 0.494 e. The molecule has 0 aromatic heterocycles. The summed E-state index contributed by atoms with van der Waals surface area (Å²) in [6, 6.07) is 7.43. The van der Waals surface area contributed by atoms with Gasteiger partial charge in [0.05, 0.1) is 6.61 Å². The Morgan fingerprint density at radius 1 is 1.13 bits per heavy atom. The van der Waals surface area contributed by atoms with Crippen LogP contribution in [0, 0.1) is 11.8 Å². The van der Waals surface area contributed by atoms with Crippen molar-refractivity contribution < 1.29 is 9.53 Å². The third-order valence-electron chi connectivity index (χ3n) is 5.21. The molecule has 0 radical (unpaired) electrons. The number of ether oxygens (including phenoxy) is 1. The van der Waals surface area contributed by atoms with Gasteiger partial charge >= 0.3 is 0 Å². The number of amides is 1. The lowest BCUT2D eigenvalue weighted by Gasteiger charge is -2.28. The van der Waals surface area contributed by atoms with E-state index >= 15 is 0 Å². The van der Waals surface area contributed by atoms with E-state index in [4.69, 9.17) is 4.74 Å². The maximum absolute atomic E-state index is 11.8. The van der Waals surface area contributed by atoms with Crippen molar-refractivity contribution in [2.24, 2.45) is 11.8 Å². The summed E-state index contributed by atoms with van der Waals surface area (Å²) in [6.45, 7) is 4.62. The van der Waals surface area contributed by atoms with E-state index in [9.17, 15) is 4.79 Å². The second kappa shape index (κ2) is 7.35. The van der Waals surface area contributed by atoms with Gasteiger partial charge in [0.1, 0.15) is 5.75 Å². The third-order valence-corrected chi connectivity index (χ3v) is 5.21. The van der Waals surface area contributed by atoms with Gasteiger partial charge in [-0.1, -0.05) is 0 Å². The molecule has 1 saturated heterocycles. The van der Waals surface area contributed by atoms with Gasteiger partial charge in [-0.3, -0.25) is 4.79 Å². The van der Waals surface area contributed by atoms with Gasteiger partial charge in [-0.2, -0.15) is 0 Å². The van der Waals surface area contributed by atoms with Crippen molar-refractivity contribution in [2.45, 2.75) is 25.7 Å². The smallest absolute Gasteiger partial charge is 0.253 e. The van der Waals surface area contributed by atoms with Crippen LogP contribution in [-0.2, 0) is 0 Å². The van der Waals surface area contributed by atoms with Gasteiger partial charge < -0.3 is 14.5 Å². The van der Waals surface area contributed by atoms with Crippen LogP contribution in [-0.4, -0.2) is 56.0 Å². The van der Waals surface area contributed by atoms with Gasteiger partial charge in [0, 0.05) is 32.7 Å². The molecule has 2 fully saturated rings. The van der Waals surface area contributed by atoms with Gasteiger partial charge in [-0.15, -0.1) is 0 Å². The molecule has 4 heteroatoms. The van der Waals surface area contributed by atoms with Crippen LogP contribution in [0.5, 0.6) is 5.75 Å². The Morgan fingerprint density at radius 3 is 2.35 bits per heavy atom. The molecule has 1 aromatic rings. The molecule has 2 atom stereocenters. The van der Waals surface area contributed by atoms with E-state index in [2.05, 4.69) is 4.90 Å². The normalized spacial score (nSPS) is 23.2. The van der Waals surface area contributed by atoms with E-state index in [1.165, 1.54) is 38.9 Å². The van der Waals surface area contributed by atoms with E-state index in [-0.39, 0.29) is 5.91 Å². The fourth-order valence-electron chi connectivity index (χ4n) is 3.62. The fraction of sp³-hybridized carbons (Fsp3) is 0.632. The minimum Gasteiger partial charge on any atom is -0.494 e. The molecule has 2 aliphatic rings. The molecular formula is C19H28N2O2. The van der Waals surface area contributed by atoms with Crippen molar-refractivity contribution in [2.75, 3.05) is 40.3 Å². The topological polar surface area (TPSA) is 32.8 Å². The summed E-state index contributed by atoms with van der Waals surface area (Å²) >= 11 is 0. The minimum atomic E-state index is 0.0242. The van der Waals surface area contributed by atoms with Crippen molar-refractivity contribution in [3.63, 3.8) is 0 Å². The molecule has 1 heterocycles. The van der Waals surface area contributed by atoms with Crippen LogP contribution >= 0.6 is 0 Å². The zero-order valence-corrected chi connectivity index (χ0v) is 14.3. The van der Waals surface area contributed by atoms with Crippen molar-refractivity contribution in [1.82, 2.24) is 9.80 Å². The molecule has 0 spiro atoms. The molecule has 126 valence electrons. The van der Waals surface area contributed by atoms with Crippen LogP contribution in [0.3, 0.4) is 0 Å². The average Bonchev–Trinajstić information content (AvgIpc) is 2.82. The molecule has 3 rings (SSSR count). The molecule has 2 unspecified atom stereocenters. The quantitative estimate of drug-likeness (QED) is 0.725. The third kappa shape index (κ3) is 4.05. The van der Waals surface area contributed by atoms with Crippen molar-refractivity contribution in [3.05, 3.63) is 29.8 Å². The number of fused-ring (bicyclic) bond motifs is 1. The number of unbranched alkanes of at least 4 members (excludes halogenated alkanes) is 1. The highest BCUT2D eigenvalue weighted by molar-refractivity contribution is 5.93. The first-order valence-electron chi connectivity index (χ1n) is 8.80. The fourth-order valence-corrected chi connectivity index (χ4v) is 3.62. The Hall–Kier alpha value is -1.55. The lowest BCUT2D eigenvalue weighted by atomic mass is 9.77. The number of likely N-dealkylation sites (tertiary alicyclic amines) is 1. The number of rotatable bonds is 7. The van der Waals surface area contributed by atoms with E-state index < -0.39 is 0 Å². The summed E-state index contributed by atoms with van der Waals surface area (Å²) in [6.07, 6.45) is 5.20. The molecule has 1 saturated carbocycles. The molecule has 0 N–H and O–H groups in total. The minimum absolute atomic E-state index is 0.0242. The lowest BCUT2D eigenvalue weighted by Crippen LogP contribution is -2.22. The Balaban J connectivity index is 1.32. The maximum Gasteiger partial charge on any atom is 0.253 e. The number of carbonyl (C=O) groups excluding carboxylic acids is 1. The highest BCUT2D eigenvalue weighted by Gasteiger charge is 2.38. The number of carbonyl (C=O) groups is 1. The van der Waals surface area contributed by atoms with Gasteiger partial charge in [-0.25, -0.2) is 0 Å². The first-order chi connectivity index (χ1) is 11.1. The Bertz CT molecular complexity index is 515. The summed E-state index contributed by atoms with van der Waals surface area (Å²) < 4.78 is 5.78. The Kier molecular flexibility index (Phi) is 5.21. The average molecular weight is 316 g/mol. The molecule has 1 aliphatic carbocycles. The standard InChI is InChI=1S/C19H28N2O2/c1-20(2)19(22)15-7-9-18(10-8-15)23-12-4-3-11-21-13-16-5-6-17(16)14-21/h7-10,16-17H,3-6,11-14H2,1-2H3. The van der Waals surface area contributed by atoms with Gasteiger partial charge in [0.2, 0.25) is 0 Å². The van der Waals surface area contributed by atoms with Crippen LogP contribution in [0.1, 0.15) is 36.0 Å². The van der Waals surface area contributed by atoms with Crippen molar-refractivity contribution in [3.8, 4) is 5.75 Å². The number of benzene rings is 1. The van der Waals surface area contributed by atoms with Crippen molar-refractivity contribution >= 4 is 5.91 Å². The highest BCUT2D eigenvalue weighted by atomic mass is 16.5.